The molecule has 0 spiro atoms. The highest BCUT2D eigenvalue weighted by atomic mass is 28.3. The van der Waals surface area contributed by atoms with Gasteiger partial charge in [0.2, 0.25) is 0 Å². The molecule has 128 valence electrons. The van der Waals surface area contributed by atoms with E-state index in [0.29, 0.717) is 18.3 Å². The normalized spacial score (nSPS) is 12.2. The fourth-order valence-corrected chi connectivity index (χ4v) is 3.25. The Morgan fingerprint density at radius 3 is 2.62 bits per heavy atom. The van der Waals surface area contributed by atoms with E-state index in [1.807, 2.05) is 30.5 Å². The molecule has 0 atom stereocenters. The Bertz CT molecular complexity index is 835. The third-order valence-corrected chi connectivity index (χ3v) is 5.57. The Labute approximate surface area is 142 Å². The number of rotatable bonds is 6. The summed E-state index contributed by atoms with van der Waals surface area (Å²) in [5, 5.41) is 0. The van der Waals surface area contributed by atoms with Gasteiger partial charge in [-0.15, -0.1) is 0 Å². The summed E-state index contributed by atoms with van der Waals surface area (Å²) >= 11 is 0. The lowest BCUT2D eigenvalue weighted by molar-refractivity contribution is 0.0881. The molecule has 3 rings (SSSR count). The van der Waals surface area contributed by atoms with Gasteiger partial charge < -0.3 is 9.15 Å². The molecular formula is C17H24N4O2Si. The standard InChI is InChI=1S/C17H24N4O2Si/c1-12-18-15(14-7-6-8-23-14)16-17(19-12)21(13(2)20-16)11-22-9-10-24(3,4)5/h6-8H,9-11H2,1-5H3. The van der Waals surface area contributed by atoms with Crippen molar-refractivity contribution in [1.29, 1.82) is 0 Å². The fourth-order valence-electron chi connectivity index (χ4n) is 2.49. The maximum absolute atomic E-state index is 5.89. The molecule has 0 aliphatic rings. The van der Waals surface area contributed by atoms with Crippen molar-refractivity contribution < 1.29 is 9.15 Å². The summed E-state index contributed by atoms with van der Waals surface area (Å²) in [4.78, 5) is 13.7. The Morgan fingerprint density at radius 1 is 1.17 bits per heavy atom. The van der Waals surface area contributed by atoms with Gasteiger partial charge >= 0.3 is 0 Å². The zero-order valence-electron chi connectivity index (χ0n) is 15.0. The van der Waals surface area contributed by atoms with Gasteiger partial charge in [0.25, 0.3) is 0 Å². The first kappa shape index (κ1) is 16.9. The maximum Gasteiger partial charge on any atom is 0.166 e. The predicted molar refractivity (Wildman–Crippen MR) is 96.6 cm³/mol. The number of ether oxygens (including phenoxy) is 1. The zero-order valence-corrected chi connectivity index (χ0v) is 16.0. The number of hydrogen-bond donors (Lipinski definition) is 0. The van der Waals surface area contributed by atoms with Crippen molar-refractivity contribution in [2.75, 3.05) is 6.61 Å². The molecule has 0 saturated heterocycles. The second-order valence-corrected chi connectivity index (χ2v) is 12.8. The number of imidazole rings is 1. The summed E-state index contributed by atoms with van der Waals surface area (Å²) in [6.07, 6.45) is 1.64. The summed E-state index contributed by atoms with van der Waals surface area (Å²) in [7, 11) is -1.09. The molecule has 0 amide bonds. The Balaban J connectivity index is 1.91. The second-order valence-electron chi connectivity index (χ2n) is 7.20. The minimum atomic E-state index is -1.09. The highest BCUT2D eigenvalue weighted by Gasteiger charge is 2.18. The fraction of sp³-hybridized carbons (Fsp3) is 0.471. The van der Waals surface area contributed by atoms with Crippen LogP contribution in [0.25, 0.3) is 22.6 Å². The van der Waals surface area contributed by atoms with Crippen LogP contribution in [0.1, 0.15) is 11.6 Å². The number of aryl methyl sites for hydroxylation is 2. The molecule has 0 fully saturated rings. The first-order chi connectivity index (χ1) is 11.3. The van der Waals surface area contributed by atoms with Crippen LogP contribution in [0.5, 0.6) is 0 Å². The average molecular weight is 344 g/mol. The smallest absolute Gasteiger partial charge is 0.166 e. The second kappa shape index (κ2) is 6.49. The quantitative estimate of drug-likeness (QED) is 0.499. The van der Waals surface area contributed by atoms with E-state index < -0.39 is 8.07 Å². The molecule has 0 aromatic carbocycles. The molecule has 0 bridgehead atoms. The average Bonchev–Trinajstić information content (AvgIpc) is 3.10. The SMILES string of the molecule is Cc1nc(-c2ccco2)c2nc(C)n(COCC[Si](C)(C)C)c2n1. The largest absolute Gasteiger partial charge is 0.463 e. The summed E-state index contributed by atoms with van der Waals surface area (Å²) in [6, 6.07) is 4.88. The number of furan rings is 1. The van der Waals surface area contributed by atoms with Crippen LogP contribution >= 0.6 is 0 Å². The molecule has 3 aromatic heterocycles. The Hall–Kier alpha value is -1.99. The van der Waals surface area contributed by atoms with Crippen molar-refractivity contribution in [3.63, 3.8) is 0 Å². The minimum absolute atomic E-state index is 0.459. The molecule has 6 nitrogen and oxygen atoms in total. The van der Waals surface area contributed by atoms with Crippen molar-refractivity contribution in [3.05, 3.63) is 30.0 Å². The van der Waals surface area contributed by atoms with Crippen molar-refractivity contribution in [2.45, 2.75) is 46.3 Å². The lowest BCUT2D eigenvalue weighted by Gasteiger charge is -2.16. The molecule has 0 aliphatic carbocycles. The van der Waals surface area contributed by atoms with E-state index in [-0.39, 0.29) is 0 Å². The number of hydrogen-bond acceptors (Lipinski definition) is 5. The van der Waals surface area contributed by atoms with Crippen molar-refractivity contribution in [1.82, 2.24) is 19.5 Å². The van der Waals surface area contributed by atoms with Crippen LogP contribution in [0.4, 0.5) is 0 Å². The summed E-state index contributed by atoms with van der Waals surface area (Å²) in [5.74, 6) is 2.26. The van der Waals surface area contributed by atoms with Gasteiger partial charge in [-0.2, -0.15) is 0 Å². The molecule has 3 heterocycles. The predicted octanol–water partition coefficient (Wildman–Crippen LogP) is 4.02. The zero-order chi connectivity index (χ0) is 17.3. The van der Waals surface area contributed by atoms with E-state index in [9.17, 15) is 0 Å². The van der Waals surface area contributed by atoms with Gasteiger partial charge in [-0.05, 0) is 32.0 Å². The third kappa shape index (κ3) is 3.57. The first-order valence-corrected chi connectivity index (χ1v) is 11.9. The molecule has 0 saturated carbocycles. The molecule has 0 radical (unpaired) electrons. The van der Waals surface area contributed by atoms with Crippen LogP contribution < -0.4 is 0 Å². The van der Waals surface area contributed by atoms with E-state index >= 15 is 0 Å². The maximum atomic E-state index is 5.89. The van der Waals surface area contributed by atoms with Crippen molar-refractivity contribution >= 4 is 19.2 Å². The molecule has 0 N–H and O–H groups in total. The van der Waals surface area contributed by atoms with E-state index in [1.165, 1.54) is 0 Å². The number of nitrogens with zero attached hydrogens (tertiary/aromatic N) is 4. The van der Waals surface area contributed by atoms with Gasteiger partial charge in [0.05, 0.1) is 6.26 Å². The van der Waals surface area contributed by atoms with Gasteiger partial charge in [-0.25, -0.2) is 15.0 Å². The molecule has 0 aliphatic heterocycles. The van der Waals surface area contributed by atoms with Crippen LogP contribution in [0.3, 0.4) is 0 Å². The molecule has 7 heteroatoms. The van der Waals surface area contributed by atoms with E-state index in [2.05, 4.69) is 34.6 Å². The molecular weight excluding hydrogens is 320 g/mol. The number of fused-ring (bicyclic) bond motifs is 1. The topological polar surface area (TPSA) is 66.0 Å². The van der Waals surface area contributed by atoms with Gasteiger partial charge in [-0.1, -0.05) is 19.6 Å². The van der Waals surface area contributed by atoms with Crippen LogP contribution in [-0.4, -0.2) is 34.2 Å². The van der Waals surface area contributed by atoms with E-state index in [4.69, 9.17) is 9.15 Å². The van der Waals surface area contributed by atoms with Gasteiger partial charge in [-0.3, -0.25) is 4.57 Å². The van der Waals surface area contributed by atoms with Crippen LogP contribution in [0.15, 0.2) is 22.8 Å². The van der Waals surface area contributed by atoms with E-state index in [1.54, 1.807) is 6.26 Å². The molecule has 24 heavy (non-hydrogen) atoms. The highest BCUT2D eigenvalue weighted by molar-refractivity contribution is 6.76. The summed E-state index contributed by atoms with van der Waals surface area (Å²) in [5.41, 5.74) is 2.27. The van der Waals surface area contributed by atoms with Crippen LogP contribution in [0, 0.1) is 13.8 Å². The van der Waals surface area contributed by atoms with Crippen molar-refractivity contribution in [2.24, 2.45) is 0 Å². The third-order valence-electron chi connectivity index (χ3n) is 3.87. The van der Waals surface area contributed by atoms with Gasteiger partial charge in [0.1, 0.15) is 29.6 Å². The lowest BCUT2D eigenvalue weighted by atomic mass is 10.3. The minimum Gasteiger partial charge on any atom is -0.463 e. The highest BCUT2D eigenvalue weighted by Crippen LogP contribution is 2.26. The summed E-state index contributed by atoms with van der Waals surface area (Å²) in [6.45, 7) is 12.1. The molecule has 3 aromatic rings. The van der Waals surface area contributed by atoms with E-state index in [0.717, 1.165) is 35.3 Å². The Morgan fingerprint density at radius 2 is 1.96 bits per heavy atom. The molecule has 0 unspecified atom stereocenters. The van der Waals surface area contributed by atoms with Gasteiger partial charge in [0.15, 0.2) is 11.4 Å². The lowest BCUT2D eigenvalue weighted by Crippen LogP contribution is -2.22. The first-order valence-electron chi connectivity index (χ1n) is 8.18. The van der Waals surface area contributed by atoms with Crippen LogP contribution in [0.2, 0.25) is 25.7 Å². The van der Waals surface area contributed by atoms with Crippen LogP contribution in [-0.2, 0) is 11.5 Å². The number of aromatic nitrogens is 4. The van der Waals surface area contributed by atoms with Crippen molar-refractivity contribution in [3.8, 4) is 11.5 Å². The van der Waals surface area contributed by atoms with Gasteiger partial charge in [0, 0.05) is 14.7 Å². The monoisotopic (exact) mass is 344 g/mol. The summed E-state index contributed by atoms with van der Waals surface area (Å²) < 4.78 is 13.4. The Kier molecular flexibility index (Phi) is 4.55.